The molecule has 1 aliphatic rings. The fraction of sp³-hybridized carbons (Fsp3) is 0.500. The highest BCUT2D eigenvalue weighted by Crippen LogP contribution is 2.33. The summed E-state index contributed by atoms with van der Waals surface area (Å²) < 4.78 is 9.72. The molecule has 108 valence electrons. The summed E-state index contributed by atoms with van der Waals surface area (Å²) in [6, 6.07) is 4.72. The van der Waals surface area contributed by atoms with Crippen LogP contribution >= 0.6 is 0 Å². The van der Waals surface area contributed by atoms with E-state index in [0.717, 1.165) is 12.8 Å². The van der Waals surface area contributed by atoms with Crippen LogP contribution in [0.15, 0.2) is 24.4 Å². The third-order valence-corrected chi connectivity index (χ3v) is 3.12. The Morgan fingerprint density at radius 3 is 2.85 bits per heavy atom. The third kappa shape index (κ3) is 4.53. The normalized spacial score (nSPS) is 15.2. The van der Waals surface area contributed by atoms with E-state index in [2.05, 4.69) is 15.0 Å². The van der Waals surface area contributed by atoms with Crippen LogP contribution in [0.1, 0.15) is 25.0 Å². The van der Waals surface area contributed by atoms with Crippen molar-refractivity contribution >= 4 is 12.1 Å². The Morgan fingerprint density at radius 2 is 2.25 bits per heavy atom. The van der Waals surface area contributed by atoms with Crippen molar-refractivity contribution in [1.29, 1.82) is 0 Å². The van der Waals surface area contributed by atoms with Crippen molar-refractivity contribution in [1.82, 2.24) is 10.3 Å². The first-order chi connectivity index (χ1) is 9.69. The zero-order valence-electron chi connectivity index (χ0n) is 11.4. The number of alkyl carbamates (subject to hydrolysis) is 1. The Labute approximate surface area is 117 Å². The second-order valence-corrected chi connectivity index (χ2v) is 4.80. The first-order valence-corrected chi connectivity index (χ1v) is 6.60. The lowest BCUT2D eigenvalue weighted by molar-refractivity contribution is -0.143. The zero-order chi connectivity index (χ0) is 14.4. The van der Waals surface area contributed by atoms with Gasteiger partial charge in [0.2, 0.25) is 0 Å². The monoisotopic (exact) mass is 278 g/mol. The van der Waals surface area contributed by atoms with Gasteiger partial charge in [0.05, 0.1) is 12.8 Å². The van der Waals surface area contributed by atoms with Gasteiger partial charge in [0.25, 0.3) is 0 Å². The minimum absolute atomic E-state index is 0.0734. The number of pyridine rings is 1. The Hall–Kier alpha value is -2.11. The molecule has 1 aliphatic carbocycles. The van der Waals surface area contributed by atoms with Crippen LogP contribution in [0.4, 0.5) is 4.79 Å². The first kappa shape index (κ1) is 14.3. The van der Waals surface area contributed by atoms with Crippen molar-refractivity contribution in [2.45, 2.75) is 31.9 Å². The molecule has 1 N–H and O–H groups in total. The predicted octanol–water partition coefficient (Wildman–Crippen LogP) is 1.65. The maximum Gasteiger partial charge on any atom is 0.408 e. The summed E-state index contributed by atoms with van der Waals surface area (Å²) in [4.78, 5) is 27.3. The van der Waals surface area contributed by atoms with E-state index >= 15 is 0 Å². The van der Waals surface area contributed by atoms with Gasteiger partial charge in [-0.1, -0.05) is 18.9 Å². The van der Waals surface area contributed by atoms with Crippen LogP contribution in [0.25, 0.3) is 0 Å². The standard InChI is InChI=1S/C14H18N2O4/c1-19-13(17)12(8-10-5-6-10)16-14(18)20-9-11-4-2-3-7-15-11/h2-4,7,10,12H,5-6,8-9H2,1H3,(H,16,18)/t12-/m0/s1. The van der Waals surface area contributed by atoms with Crippen molar-refractivity contribution in [3.05, 3.63) is 30.1 Å². The van der Waals surface area contributed by atoms with Gasteiger partial charge in [-0.2, -0.15) is 0 Å². The lowest BCUT2D eigenvalue weighted by Crippen LogP contribution is -2.42. The van der Waals surface area contributed by atoms with Crippen molar-refractivity contribution in [2.75, 3.05) is 7.11 Å². The van der Waals surface area contributed by atoms with Gasteiger partial charge in [0.1, 0.15) is 12.6 Å². The maximum atomic E-state index is 11.7. The molecule has 1 saturated carbocycles. The minimum atomic E-state index is -0.635. The molecule has 0 spiro atoms. The van der Waals surface area contributed by atoms with Crippen LogP contribution in [0.5, 0.6) is 0 Å². The number of methoxy groups -OCH3 is 1. The van der Waals surface area contributed by atoms with Crippen LogP contribution < -0.4 is 5.32 Å². The lowest BCUT2D eigenvalue weighted by atomic mass is 10.1. The number of nitrogens with one attached hydrogen (secondary N) is 1. The Morgan fingerprint density at radius 1 is 1.45 bits per heavy atom. The number of hydrogen-bond donors (Lipinski definition) is 1. The average Bonchev–Trinajstić information content (AvgIpc) is 3.28. The number of carbonyl (C=O) groups excluding carboxylic acids is 2. The number of carbonyl (C=O) groups is 2. The second-order valence-electron chi connectivity index (χ2n) is 4.80. The van der Waals surface area contributed by atoms with Gasteiger partial charge >= 0.3 is 12.1 Å². The molecule has 2 rings (SSSR count). The number of ether oxygens (including phenoxy) is 2. The van der Waals surface area contributed by atoms with E-state index in [4.69, 9.17) is 4.74 Å². The van der Waals surface area contributed by atoms with Crippen LogP contribution in [-0.2, 0) is 20.9 Å². The van der Waals surface area contributed by atoms with Gasteiger partial charge in [0.15, 0.2) is 0 Å². The number of hydrogen-bond acceptors (Lipinski definition) is 5. The summed E-state index contributed by atoms with van der Waals surface area (Å²) in [6.45, 7) is 0.0734. The largest absolute Gasteiger partial charge is 0.467 e. The quantitative estimate of drug-likeness (QED) is 0.800. The van der Waals surface area contributed by atoms with Crippen LogP contribution in [-0.4, -0.2) is 30.2 Å². The molecule has 6 nitrogen and oxygen atoms in total. The van der Waals surface area contributed by atoms with E-state index in [9.17, 15) is 9.59 Å². The van der Waals surface area contributed by atoms with E-state index in [-0.39, 0.29) is 6.61 Å². The summed E-state index contributed by atoms with van der Waals surface area (Å²) in [6.07, 6.45) is 3.79. The summed E-state index contributed by atoms with van der Waals surface area (Å²) in [5.41, 5.74) is 0.652. The molecule has 1 aromatic rings. The molecule has 20 heavy (non-hydrogen) atoms. The fourth-order valence-electron chi connectivity index (χ4n) is 1.85. The van der Waals surface area contributed by atoms with E-state index in [1.165, 1.54) is 7.11 Å². The number of rotatable bonds is 6. The molecule has 1 heterocycles. The molecule has 0 saturated heterocycles. The van der Waals surface area contributed by atoms with E-state index in [0.29, 0.717) is 18.0 Å². The van der Waals surface area contributed by atoms with Crippen LogP contribution in [0, 0.1) is 5.92 Å². The topological polar surface area (TPSA) is 77.5 Å². The molecule has 1 atom stereocenters. The van der Waals surface area contributed by atoms with Crippen LogP contribution in [0.2, 0.25) is 0 Å². The predicted molar refractivity (Wildman–Crippen MR) is 70.7 cm³/mol. The molecule has 0 radical (unpaired) electrons. The summed E-state index contributed by atoms with van der Waals surface area (Å²) in [7, 11) is 1.31. The SMILES string of the molecule is COC(=O)[C@H](CC1CC1)NC(=O)OCc1ccccn1. The van der Waals surface area contributed by atoms with E-state index < -0.39 is 18.1 Å². The Kier molecular flexibility index (Phi) is 4.92. The lowest BCUT2D eigenvalue weighted by Gasteiger charge is -2.15. The van der Waals surface area contributed by atoms with E-state index in [1.54, 1.807) is 18.3 Å². The molecule has 0 bridgehead atoms. The number of amides is 1. The van der Waals surface area contributed by atoms with Gasteiger partial charge < -0.3 is 14.8 Å². The molecular formula is C14H18N2O4. The number of nitrogens with zero attached hydrogens (tertiary/aromatic N) is 1. The summed E-state index contributed by atoms with van der Waals surface area (Å²) in [5, 5.41) is 2.55. The van der Waals surface area contributed by atoms with Crippen molar-refractivity contribution in [3.8, 4) is 0 Å². The smallest absolute Gasteiger partial charge is 0.408 e. The average molecular weight is 278 g/mol. The molecule has 0 unspecified atom stereocenters. The molecule has 6 heteroatoms. The van der Waals surface area contributed by atoms with E-state index in [1.807, 2.05) is 6.07 Å². The molecular weight excluding hydrogens is 260 g/mol. The molecule has 1 fully saturated rings. The molecule has 0 aromatic carbocycles. The van der Waals surface area contributed by atoms with Gasteiger partial charge in [-0.25, -0.2) is 9.59 Å². The van der Waals surface area contributed by atoms with Crippen molar-refractivity contribution in [2.24, 2.45) is 5.92 Å². The second kappa shape index (κ2) is 6.88. The zero-order valence-corrected chi connectivity index (χ0v) is 11.4. The summed E-state index contributed by atoms with van der Waals surface area (Å²) >= 11 is 0. The fourth-order valence-corrected chi connectivity index (χ4v) is 1.85. The van der Waals surface area contributed by atoms with Crippen molar-refractivity contribution in [3.63, 3.8) is 0 Å². The molecule has 1 aromatic heterocycles. The highest BCUT2D eigenvalue weighted by Gasteiger charge is 2.31. The highest BCUT2D eigenvalue weighted by atomic mass is 16.6. The van der Waals surface area contributed by atoms with Gasteiger partial charge in [0, 0.05) is 6.20 Å². The third-order valence-electron chi connectivity index (χ3n) is 3.12. The van der Waals surface area contributed by atoms with Crippen molar-refractivity contribution < 1.29 is 19.1 Å². The maximum absolute atomic E-state index is 11.7. The van der Waals surface area contributed by atoms with Gasteiger partial charge in [-0.3, -0.25) is 4.98 Å². The highest BCUT2D eigenvalue weighted by molar-refractivity contribution is 5.81. The summed E-state index contributed by atoms with van der Waals surface area (Å²) in [5.74, 6) is 0.0573. The molecule has 1 amide bonds. The molecule has 0 aliphatic heterocycles. The Bertz CT molecular complexity index is 460. The van der Waals surface area contributed by atoms with Crippen LogP contribution in [0.3, 0.4) is 0 Å². The van der Waals surface area contributed by atoms with Gasteiger partial charge in [-0.05, 0) is 24.5 Å². The van der Waals surface area contributed by atoms with Gasteiger partial charge in [-0.15, -0.1) is 0 Å². The Balaban J connectivity index is 1.79. The number of aromatic nitrogens is 1. The number of esters is 1. The minimum Gasteiger partial charge on any atom is -0.467 e. The first-order valence-electron chi connectivity index (χ1n) is 6.60.